The van der Waals surface area contributed by atoms with Crippen molar-refractivity contribution in [1.82, 2.24) is 4.98 Å². The maximum absolute atomic E-state index is 12.8. The number of nitrogens with zero attached hydrogens (tertiary/aromatic N) is 1. The minimum absolute atomic E-state index is 0.0468. The first-order valence-corrected chi connectivity index (χ1v) is 9.06. The van der Waals surface area contributed by atoms with Gasteiger partial charge in [-0.15, -0.1) is 0 Å². The second-order valence-corrected chi connectivity index (χ2v) is 6.50. The molecular formula is C23H24N2O. The second kappa shape index (κ2) is 8.43. The molecule has 3 aromatic rings. The Morgan fingerprint density at radius 3 is 2.38 bits per heavy atom. The van der Waals surface area contributed by atoms with Crippen LogP contribution in [0.1, 0.15) is 36.9 Å². The number of aromatic nitrogens is 1. The number of aryl methyl sites for hydroxylation is 1. The molecule has 1 heterocycles. The van der Waals surface area contributed by atoms with E-state index in [0.717, 1.165) is 40.9 Å². The fourth-order valence-corrected chi connectivity index (χ4v) is 3.12. The molecule has 2 aromatic carbocycles. The van der Waals surface area contributed by atoms with Crippen LogP contribution in [-0.4, -0.2) is 10.9 Å². The largest absolute Gasteiger partial charge is 0.326 e. The SMILES string of the molecule is CCCC(C(=O)Nc1ccc(-c2ccnc(C)c2)cc1)c1ccccc1. The van der Waals surface area contributed by atoms with Crippen molar-refractivity contribution in [3.8, 4) is 11.1 Å². The van der Waals surface area contributed by atoms with Crippen molar-refractivity contribution in [3.05, 3.63) is 84.2 Å². The summed E-state index contributed by atoms with van der Waals surface area (Å²) in [6.45, 7) is 4.09. The molecule has 0 bridgehead atoms. The van der Waals surface area contributed by atoms with Crippen LogP contribution in [0.5, 0.6) is 0 Å². The standard InChI is InChI=1S/C23H24N2O/c1-3-7-22(19-8-5-4-6-9-19)23(26)25-21-12-10-18(11-13-21)20-14-15-24-17(2)16-20/h4-6,8-16,22H,3,7H2,1-2H3,(H,25,26). The Kier molecular flexibility index (Phi) is 5.80. The summed E-state index contributed by atoms with van der Waals surface area (Å²) in [5, 5.41) is 3.06. The summed E-state index contributed by atoms with van der Waals surface area (Å²) < 4.78 is 0. The number of hydrogen-bond donors (Lipinski definition) is 1. The van der Waals surface area contributed by atoms with Gasteiger partial charge in [0.2, 0.25) is 5.91 Å². The van der Waals surface area contributed by atoms with E-state index >= 15 is 0 Å². The zero-order chi connectivity index (χ0) is 18.4. The molecule has 0 saturated carbocycles. The van der Waals surface area contributed by atoms with E-state index in [1.54, 1.807) is 0 Å². The van der Waals surface area contributed by atoms with Crippen LogP contribution in [-0.2, 0) is 4.79 Å². The molecule has 1 atom stereocenters. The van der Waals surface area contributed by atoms with Gasteiger partial charge in [-0.25, -0.2) is 0 Å². The van der Waals surface area contributed by atoms with E-state index in [4.69, 9.17) is 0 Å². The highest BCUT2D eigenvalue weighted by Crippen LogP contribution is 2.25. The van der Waals surface area contributed by atoms with Crippen LogP contribution in [0.3, 0.4) is 0 Å². The highest BCUT2D eigenvalue weighted by atomic mass is 16.1. The molecule has 0 aliphatic carbocycles. The molecule has 1 aromatic heterocycles. The van der Waals surface area contributed by atoms with Gasteiger partial charge in [0.05, 0.1) is 5.92 Å². The highest BCUT2D eigenvalue weighted by molar-refractivity contribution is 5.96. The molecule has 1 amide bonds. The maximum atomic E-state index is 12.8. The second-order valence-electron chi connectivity index (χ2n) is 6.50. The lowest BCUT2D eigenvalue weighted by Crippen LogP contribution is -2.21. The van der Waals surface area contributed by atoms with Gasteiger partial charge in [0.25, 0.3) is 0 Å². The number of rotatable bonds is 6. The van der Waals surface area contributed by atoms with Crippen molar-refractivity contribution >= 4 is 11.6 Å². The topological polar surface area (TPSA) is 42.0 Å². The van der Waals surface area contributed by atoms with Crippen molar-refractivity contribution < 1.29 is 4.79 Å². The van der Waals surface area contributed by atoms with Crippen molar-refractivity contribution in [2.45, 2.75) is 32.6 Å². The third-order valence-corrected chi connectivity index (χ3v) is 4.48. The van der Waals surface area contributed by atoms with Crippen LogP contribution >= 0.6 is 0 Å². The number of amides is 1. The normalized spacial score (nSPS) is 11.8. The van der Waals surface area contributed by atoms with Crippen molar-refractivity contribution in [2.24, 2.45) is 0 Å². The fraction of sp³-hybridized carbons (Fsp3) is 0.217. The van der Waals surface area contributed by atoms with Gasteiger partial charge >= 0.3 is 0 Å². The lowest BCUT2D eigenvalue weighted by atomic mass is 9.93. The van der Waals surface area contributed by atoms with Crippen LogP contribution < -0.4 is 5.32 Å². The van der Waals surface area contributed by atoms with Gasteiger partial charge < -0.3 is 5.32 Å². The summed E-state index contributed by atoms with van der Waals surface area (Å²) in [5.41, 5.74) is 5.12. The van der Waals surface area contributed by atoms with Crippen LogP contribution in [0.15, 0.2) is 72.9 Å². The Morgan fingerprint density at radius 1 is 1.00 bits per heavy atom. The number of pyridine rings is 1. The number of carbonyl (C=O) groups excluding carboxylic acids is 1. The molecule has 0 aliphatic heterocycles. The number of benzene rings is 2. The summed E-state index contributed by atoms with van der Waals surface area (Å²) in [4.78, 5) is 17.0. The molecular weight excluding hydrogens is 320 g/mol. The van der Waals surface area contributed by atoms with E-state index in [0.29, 0.717) is 0 Å². The zero-order valence-corrected chi connectivity index (χ0v) is 15.3. The molecule has 0 radical (unpaired) electrons. The third-order valence-electron chi connectivity index (χ3n) is 4.48. The average Bonchev–Trinajstić information content (AvgIpc) is 2.67. The molecule has 1 N–H and O–H groups in total. The zero-order valence-electron chi connectivity index (χ0n) is 15.3. The predicted octanol–water partition coefficient (Wildman–Crippen LogP) is 5.58. The first kappa shape index (κ1) is 17.9. The average molecular weight is 344 g/mol. The fourth-order valence-electron chi connectivity index (χ4n) is 3.12. The van der Waals surface area contributed by atoms with Gasteiger partial charge in [-0.1, -0.05) is 55.8 Å². The maximum Gasteiger partial charge on any atom is 0.231 e. The molecule has 0 fully saturated rings. The van der Waals surface area contributed by atoms with E-state index in [1.165, 1.54) is 0 Å². The van der Waals surface area contributed by atoms with E-state index in [9.17, 15) is 4.79 Å². The van der Waals surface area contributed by atoms with Gasteiger partial charge in [-0.2, -0.15) is 0 Å². The third kappa shape index (κ3) is 4.37. The molecule has 26 heavy (non-hydrogen) atoms. The summed E-state index contributed by atoms with van der Waals surface area (Å²) in [6.07, 6.45) is 3.62. The van der Waals surface area contributed by atoms with E-state index in [1.807, 2.05) is 73.8 Å². The molecule has 3 nitrogen and oxygen atoms in total. The minimum Gasteiger partial charge on any atom is -0.326 e. The van der Waals surface area contributed by atoms with Crippen LogP contribution in [0.2, 0.25) is 0 Å². The first-order valence-electron chi connectivity index (χ1n) is 9.06. The monoisotopic (exact) mass is 344 g/mol. The summed E-state index contributed by atoms with van der Waals surface area (Å²) in [5.74, 6) is -0.0747. The lowest BCUT2D eigenvalue weighted by molar-refractivity contribution is -0.117. The van der Waals surface area contributed by atoms with Crippen LogP contribution in [0.4, 0.5) is 5.69 Å². The van der Waals surface area contributed by atoms with Crippen LogP contribution in [0.25, 0.3) is 11.1 Å². The van der Waals surface area contributed by atoms with Gasteiger partial charge in [-0.05, 0) is 54.3 Å². The Morgan fingerprint density at radius 2 is 1.73 bits per heavy atom. The molecule has 1 unspecified atom stereocenters. The smallest absolute Gasteiger partial charge is 0.231 e. The lowest BCUT2D eigenvalue weighted by Gasteiger charge is -2.17. The number of carbonyl (C=O) groups is 1. The quantitative estimate of drug-likeness (QED) is 0.634. The predicted molar refractivity (Wildman–Crippen MR) is 107 cm³/mol. The van der Waals surface area contributed by atoms with Gasteiger partial charge in [0.1, 0.15) is 0 Å². The van der Waals surface area contributed by atoms with Crippen molar-refractivity contribution in [1.29, 1.82) is 0 Å². The molecule has 3 heteroatoms. The summed E-state index contributed by atoms with van der Waals surface area (Å²) in [7, 11) is 0. The highest BCUT2D eigenvalue weighted by Gasteiger charge is 2.19. The van der Waals surface area contributed by atoms with E-state index in [-0.39, 0.29) is 11.8 Å². The van der Waals surface area contributed by atoms with Crippen LogP contribution in [0, 0.1) is 6.92 Å². The first-order chi connectivity index (χ1) is 12.7. The van der Waals surface area contributed by atoms with Gasteiger partial charge in [-0.3, -0.25) is 9.78 Å². The minimum atomic E-state index is -0.122. The number of nitrogens with one attached hydrogen (secondary N) is 1. The Labute approximate surface area is 155 Å². The molecule has 0 aliphatic rings. The van der Waals surface area contributed by atoms with E-state index < -0.39 is 0 Å². The van der Waals surface area contributed by atoms with Gasteiger partial charge in [0.15, 0.2) is 0 Å². The van der Waals surface area contributed by atoms with Crippen molar-refractivity contribution in [3.63, 3.8) is 0 Å². The number of anilines is 1. The Balaban J connectivity index is 1.74. The summed E-state index contributed by atoms with van der Waals surface area (Å²) >= 11 is 0. The van der Waals surface area contributed by atoms with Gasteiger partial charge in [0, 0.05) is 17.6 Å². The molecule has 0 spiro atoms. The number of hydrogen-bond acceptors (Lipinski definition) is 2. The van der Waals surface area contributed by atoms with E-state index in [2.05, 4.69) is 23.3 Å². The van der Waals surface area contributed by atoms with Crippen molar-refractivity contribution in [2.75, 3.05) is 5.32 Å². The molecule has 132 valence electrons. The Hall–Kier alpha value is -2.94. The Bertz CT molecular complexity index is 857. The molecule has 3 rings (SSSR count). The summed E-state index contributed by atoms with van der Waals surface area (Å²) in [6, 6.07) is 22.0. The molecule has 0 saturated heterocycles.